The number of rotatable bonds is 2. The maximum Gasteiger partial charge on any atom is 0.273 e. The first-order valence-electron chi connectivity index (χ1n) is 8.95. The molecule has 0 spiro atoms. The number of hydrogen-bond donors (Lipinski definition) is 0. The quantitative estimate of drug-likeness (QED) is 0.670. The van der Waals surface area contributed by atoms with Gasteiger partial charge in [-0.3, -0.25) is 4.79 Å². The van der Waals surface area contributed by atoms with Crippen LogP contribution in [0.3, 0.4) is 0 Å². The summed E-state index contributed by atoms with van der Waals surface area (Å²) in [5.41, 5.74) is 1.92. The SMILES string of the molecule is O=C1N=C(N2CCC=N2)SC1(c1ccccc1)c1cccc2ccccc12. The lowest BCUT2D eigenvalue weighted by atomic mass is 9.86. The number of hydrogen-bond acceptors (Lipinski definition) is 4. The number of hydrazone groups is 1. The average molecular weight is 371 g/mol. The van der Waals surface area contributed by atoms with Crippen LogP contribution in [0.5, 0.6) is 0 Å². The molecule has 0 bridgehead atoms. The van der Waals surface area contributed by atoms with Crippen molar-refractivity contribution in [3.8, 4) is 0 Å². The van der Waals surface area contributed by atoms with E-state index in [1.165, 1.54) is 11.8 Å². The van der Waals surface area contributed by atoms with Crippen LogP contribution in [0.2, 0.25) is 0 Å². The molecule has 5 rings (SSSR count). The third kappa shape index (κ3) is 2.50. The van der Waals surface area contributed by atoms with Gasteiger partial charge in [-0.25, -0.2) is 5.01 Å². The molecule has 2 heterocycles. The first-order valence-corrected chi connectivity index (χ1v) is 9.76. The fraction of sp³-hybridized carbons (Fsp3) is 0.136. The van der Waals surface area contributed by atoms with Crippen molar-refractivity contribution in [2.75, 3.05) is 6.54 Å². The number of fused-ring (bicyclic) bond motifs is 1. The van der Waals surface area contributed by atoms with Crippen molar-refractivity contribution >= 4 is 39.8 Å². The standard InChI is InChI=1S/C22H17N3OS/c26-20-22(17-10-2-1-3-11-17,27-21(24-20)25-15-7-14-23-25)19-13-6-9-16-8-4-5-12-18(16)19/h1-6,8-14H,7,15H2. The van der Waals surface area contributed by atoms with Gasteiger partial charge >= 0.3 is 0 Å². The number of carbonyl (C=O) groups excluding carboxylic acids is 1. The summed E-state index contributed by atoms with van der Waals surface area (Å²) in [7, 11) is 0. The minimum Gasteiger partial charge on any atom is -0.270 e. The molecule has 0 fully saturated rings. The molecule has 0 radical (unpaired) electrons. The van der Waals surface area contributed by atoms with E-state index in [1.54, 1.807) is 0 Å². The number of carbonyl (C=O) groups is 1. The van der Waals surface area contributed by atoms with Gasteiger partial charge in [0, 0.05) is 19.2 Å². The van der Waals surface area contributed by atoms with Gasteiger partial charge in [-0.1, -0.05) is 84.6 Å². The fourth-order valence-electron chi connectivity index (χ4n) is 3.73. The van der Waals surface area contributed by atoms with E-state index in [4.69, 9.17) is 0 Å². The van der Waals surface area contributed by atoms with Gasteiger partial charge in [0.25, 0.3) is 5.91 Å². The van der Waals surface area contributed by atoms with E-state index in [0.29, 0.717) is 5.17 Å². The summed E-state index contributed by atoms with van der Waals surface area (Å²) in [6, 6.07) is 24.3. The zero-order valence-electron chi connectivity index (χ0n) is 14.6. The molecule has 2 aliphatic heterocycles. The Balaban J connectivity index is 1.74. The molecule has 4 nitrogen and oxygen atoms in total. The zero-order valence-corrected chi connectivity index (χ0v) is 15.4. The van der Waals surface area contributed by atoms with E-state index in [1.807, 2.05) is 65.8 Å². The molecular weight excluding hydrogens is 354 g/mol. The first-order chi connectivity index (χ1) is 13.3. The number of nitrogens with zero attached hydrogens (tertiary/aromatic N) is 3. The summed E-state index contributed by atoms with van der Waals surface area (Å²) < 4.78 is -0.893. The molecule has 0 saturated heterocycles. The van der Waals surface area contributed by atoms with Gasteiger partial charge in [0.15, 0.2) is 9.91 Å². The minimum atomic E-state index is -0.893. The number of amides is 1. The number of aliphatic imine (C=N–C) groups is 1. The summed E-state index contributed by atoms with van der Waals surface area (Å²) in [4.78, 5) is 17.9. The Bertz CT molecular complexity index is 1090. The highest BCUT2D eigenvalue weighted by Gasteiger charge is 2.50. The van der Waals surface area contributed by atoms with Crippen LogP contribution < -0.4 is 0 Å². The van der Waals surface area contributed by atoms with Crippen LogP contribution in [0.1, 0.15) is 17.5 Å². The van der Waals surface area contributed by atoms with Crippen molar-refractivity contribution in [3.63, 3.8) is 0 Å². The Hall–Kier alpha value is -2.92. The van der Waals surface area contributed by atoms with E-state index in [0.717, 1.165) is 34.9 Å². The molecular formula is C22H17N3OS. The summed E-state index contributed by atoms with van der Waals surface area (Å²) >= 11 is 1.50. The Labute approximate surface area is 161 Å². The van der Waals surface area contributed by atoms with Crippen LogP contribution in [-0.2, 0) is 9.54 Å². The van der Waals surface area contributed by atoms with E-state index in [-0.39, 0.29) is 5.91 Å². The molecule has 27 heavy (non-hydrogen) atoms. The van der Waals surface area contributed by atoms with Crippen molar-refractivity contribution in [2.24, 2.45) is 10.1 Å². The molecule has 132 valence electrons. The molecule has 1 amide bonds. The summed E-state index contributed by atoms with van der Waals surface area (Å²) in [5.74, 6) is -0.146. The predicted molar refractivity (Wildman–Crippen MR) is 111 cm³/mol. The van der Waals surface area contributed by atoms with Gasteiger partial charge in [-0.15, -0.1) is 0 Å². The fourth-order valence-corrected chi connectivity index (χ4v) is 5.05. The molecule has 3 aromatic carbocycles. The van der Waals surface area contributed by atoms with Gasteiger partial charge < -0.3 is 0 Å². The van der Waals surface area contributed by atoms with Crippen molar-refractivity contribution in [3.05, 3.63) is 83.9 Å². The van der Waals surface area contributed by atoms with E-state index < -0.39 is 4.75 Å². The van der Waals surface area contributed by atoms with Gasteiger partial charge in [0.2, 0.25) is 0 Å². The van der Waals surface area contributed by atoms with Crippen molar-refractivity contribution in [2.45, 2.75) is 11.2 Å². The van der Waals surface area contributed by atoms with E-state index in [9.17, 15) is 4.79 Å². The van der Waals surface area contributed by atoms with Gasteiger partial charge in [0.1, 0.15) is 0 Å². The van der Waals surface area contributed by atoms with E-state index >= 15 is 0 Å². The van der Waals surface area contributed by atoms with E-state index in [2.05, 4.69) is 28.3 Å². The molecule has 3 aromatic rings. The van der Waals surface area contributed by atoms with Crippen LogP contribution >= 0.6 is 11.8 Å². The highest BCUT2D eigenvalue weighted by atomic mass is 32.2. The maximum absolute atomic E-state index is 13.4. The van der Waals surface area contributed by atoms with Gasteiger partial charge in [-0.05, 0) is 21.9 Å². The topological polar surface area (TPSA) is 45.0 Å². The summed E-state index contributed by atoms with van der Waals surface area (Å²) in [5, 5.41) is 9.07. The molecule has 0 aliphatic carbocycles. The second-order valence-electron chi connectivity index (χ2n) is 6.59. The average Bonchev–Trinajstić information content (AvgIpc) is 3.37. The first kappa shape index (κ1) is 16.3. The van der Waals surface area contributed by atoms with Crippen molar-refractivity contribution < 1.29 is 4.79 Å². The zero-order chi connectivity index (χ0) is 18.3. The second kappa shape index (κ2) is 6.35. The molecule has 0 saturated carbocycles. The predicted octanol–water partition coefficient (Wildman–Crippen LogP) is 4.40. The molecule has 1 atom stereocenters. The molecule has 1 unspecified atom stereocenters. The molecule has 0 N–H and O–H groups in total. The minimum absolute atomic E-state index is 0.146. The summed E-state index contributed by atoms with van der Waals surface area (Å²) in [6.45, 7) is 0.763. The Morgan fingerprint density at radius 2 is 1.70 bits per heavy atom. The lowest BCUT2D eigenvalue weighted by molar-refractivity contribution is -0.119. The smallest absolute Gasteiger partial charge is 0.270 e. The Morgan fingerprint density at radius 3 is 2.52 bits per heavy atom. The van der Waals surface area contributed by atoms with Gasteiger partial charge in [-0.2, -0.15) is 10.1 Å². The van der Waals surface area contributed by atoms with Crippen LogP contribution in [-0.4, -0.2) is 28.8 Å². The van der Waals surface area contributed by atoms with Gasteiger partial charge in [0.05, 0.1) is 0 Å². The third-order valence-corrected chi connectivity index (χ3v) is 6.42. The number of thioether (sulfide) groups is 1. The lowest BCUT2D eigenvalue weighted by Gasteiger charge is -2.28. The maximum atomic E-state index is 13.4. The van der Waals surface area contributed by atoms with Crippen molar-refractivity contribution in [1.82, 2.24) is 5.01 Å². The highest BCUT2D eigenvalue weighted by Crippen LogP contribution is 2.51. The van der Waals surface area contributed by atoms with Crippen LogP contribution in [0.25, 0.3) is 10.8 Å². The molecule has 0 aromatic heterocycles. The normalized spacial score (nSPS) is 21.9. The second-order valence-corrected chi connectivity index (χ2v) is 7.77. The molecule has 5 heteroatoms. The highest BCUT2D eigenvalue weighted by molar-refractivity contribution is 8.15. The van der Waals surface area contributed by atoms with Crippen LogP contribution in [0, 0.1) is 0 Å². The lowest BCUT2D eigenvalue weighted by Crippen LogP contribution is -2.31. The monoisotopic (exact) mass is 371 g/mol. The third-order valence-electron chi connectivity index (χ3n) is 5.00. The Kier molecular flexibility index (Phi) is 3.83. The largest absolute Gasteiger partial charge is 0.273 e. The summed E-state index contributed by atoms with van der Waals surface area (Å²) in [6.07, 6.45) is 2.74. The number of benzene rings is 3. The Morgan fingerprint density at radius 1 is 0.926 bits per heavy atom. The van der Waals surface area contributed by atoms with Crippen molar-refractivity contribution in [1.29, 1.82) is 0 Å². The number of amidine groups is 1. The van der Waals surface area contributed by atoms with Crippen LogP contribution in [0.15, 0.2) is 82.9 Å². The van der Waals surface area contributed by atoms with Crippen LogP contribution in [0.4, 0.5) is 0 Å². The molecule has 2 aliphatic rings.